The van der Waals surface area contributed by atoms with E-state index in [0.717, 1.165) is 5.56 Å². The van der Waals surface area contributed by atoms with E-state index in [1.54, 1.807) is 18.2 Å². The van der Waals surface area contributed by atoms with Crippen LogP contribution in [0.5, 0.6) is 0 Å². The van der Waals surface area contributed by atoms with Gasteiger partial charge in [0.25, 0.3) is 0 Å². The largest absolute Gasteiger partial charge is 0.391 e. The van der Waals surface area contributed by atoms with Gasteiger partial charge in [-0.1, -0.05) is 30.3 Å². The zero-order valence-electron chi connectivity index (χ0n) is 8.71. The Labute approximate surface area is 96.6 Å². The molecular weight excluding hydrogens is 222 g/mol. The molecule has 0 saturated heterocycles. The smallest absolute Gasteiger partial charge is 0.358 e. The molecule has 1 aliphatic rings. The zero-order chi connectivity index (χ0) is 12.4. The number of hydrogen-bond donors (Lipinski definition) is 2. The summed E-state index contributed by atoms with van der Waals surface area (Å²) < 4.78 is 0. The summed E-state index contributed by atoms with van der Waals surface area (Å²) in [5.41, 5.74) is 5.87. The van der Waals surface area contributed by atoms with Crippen LogP contribution < -0.4 is 11.1 Å². The van der Waals surface area contributed by atoms with Gasteiger partial charge >= 0.3 is 11.6 Å². The standard InChI is InChI=1S/C11H9N3O3/c12-9-8(6-7-4-2-1-3-5-7)13-11(15)10(9)14(16)17/h1-6H,12H2,(H,13,15). The fraction of sp³-hybridized carbons (Fsp3) is 0. The van der Waals surface area contributed by atoms with Gasteiger partial charge in [-0.2, -0.15) is 0 Å². The van der Waals surface area contributed by atoms with Crippen LogP contribution in [0.15, 0.2) is 47.4 Å². The van der Waals surface area contributed by atoms with Gasteiger partial charge in [-0.25, -0.2) is 0 Å². The lowest BCUT2D eigenvalue weighted by Crippen LogP contribution is -2.19. The van der Waals surface area contributed by atoms with Gasteiger partial charge in [0.05, 0.1) is 10.6 Å². The fourth-order valence-corrected chi connectivity index (χ4v) is 1.51. The number of carbonyl (C=O) groups is 1. The third-order valence-corrected chi connectivity index (χ3v) is 2.30. The molecule has 3 N–H and O–H groups in total. The van der Waals surface area contributed by atoms with E-state index in [9.17, 15) is 14.9 Å². The molecule has 1 heterocycles. The molecule has 1 amide bonds. The molecule has 0 unspecified atom stereocenters. The molecule has 6 heteroatoms. The molecule has 0 bridgehead atoms. The molecule has 0 saturated carbocycles. The van der Waals surface area contributed by atoms with Crippen LogP contribution in [0.25, 0.3) is 6.08 Å². The molecule has 2 rings (SSSR count). The number of benzene rings is 1. The van der Waals surface area contributed by atoms with Crippen molar-refractivity contribution in [2.24, 2.45) is 5.73 Å². The average molecular weight is 231 g/mol. The SMILES string of the molecule is NC1=C([N+](=O)[O-])C(=O)NC1=Cc1ccccc1. The fourth-order valence-electron chi connectivity index (χ4n) is 1.51. The van der Waals surface area contributed by atoms with E-state index in [-0.39, 0.29) is 11.4 Å². The lowest BCUT2D eigenvalue weighted by atomic mass is 10.2. The predicted octanol–water partition coefficient (Wildman–Crippen LogP) is 0.604. The predicted molar refractivity (Wildman–Crippen MR) is 60.8 cm³/mol. The van der Waals surface area contributed by atoms with Crippen molar-refractivity contribution < 1.29 is 9.72 Å². The number of nitrogens with two attached hydrogens (primary N) is 1. The highest BCUT2D eigenvalue weighted by atomic mass is 16.6. The number of hydrogen-bond acceptors (Lipinski definition) is 4. The van der Waals surface area contributed by atoms with E-state index in [1.807, 2.05) is 18.2 Å². The van der Waals surface area contributed by atoms with Gasteiger partial charge in [0.2, 0.25) is 0 Å². The first-order valence-corrected chi connectivity index (χ1v) is 4.82. The Balaban J connectivity index is 2.41. The maximum absolute atomic E-state index is 11.3. The highest BCUT2D eigenvalue weighted by molar-refractivity contribution is 5.98. The average Bonchev–Trinajstić information content (AvgIpc) is 2.55. The summed E-state index contributed by atoms with van der Waals surface area (Å²) in [7, 11) is 0. The Hall–Kier alpha value is -2.63. The second-order valence-corrected chi connectivity index (χ2v) is 3.44. The molecule has 0 atom stereocenters. The first-order chi connectivity index (χ1) is 8.09. The third-order valence-electron chi connectivity index (χ3n) is 2.30. The molecule has 1 aromatic carbocycles. The van der Waals surface area contributed by atoms with Crippen LogP contribution in [0, 0.1) is 10.1 Å². The maximum atomic E-state index is 11.3. The van der Waals surface area contributed by atoms with Gasteiger partial charge < -0.3 is 11.1 Å². The maximum Gasteiger partial charge on any atom is 0.358 e. The molecule has 6 nitrogen and oxygen atoms in total. The quantitative estimate of drug-likeness (QED) is 0.575. The van der Waals surface area contributed by atoms with Crippen LogP contribution in [0.3, 0.4) is 0 Å². The van der Waals surface area contributed by atoms with Crippen molar-refractivity contribution in [3.63, 3.8) is 0 Å². The summed E-state index contributed by atoms with van der Waals surface area (Å²) in [6.45, 7) is 0. The van der Waals surface area contributed by atoms with Crippen LogP contribution in [0.2, 0.25) is 0 Å². The van der Waals surface area contributed by atoms with Gasteiger partial charge in [-0.05, 0) is 11.6 Å². The van der Waals surface area contributed by atoms with Crippen LogP contribution in [0.4, 0.5) is 0 Å². The number of amides is 1. The van der Waals surface area contributed by atoms with Crippen molar-refractivity contribution in [2.45, 2.75) is 0 Å². The topological polar surface area (TPSA) is 98.3 Å². The Morgan fingerprint density at radius 3 is 2.47 bits per heavy atom. The molecule has 1 aromatic rings. The van der Waals surface area contributed by atoms with E-state index < -0.39 is 16.5 Å². The minimum absolute atomic E-state index is 0.135. The van der Waals surface area contributed by atoms with Gasteiger partial charge in [-0.3, -0.25) is 14.9 Å². The molecule has 0 aliphatic carbocycles. The van der Waals surface area contributed by atoms with Crippen molar-refractivity contribution in [2.75, 3.05) is 0 Å². The van der Waals surface area contributed by atoms with E-state index in [1.165, 1.54) is 0 Å². The zero-order valence-corrected chi connectivity index (χ0v) is 8.71. The van der Waals surface area contributed by atoms with Crippen LogP contribution >= 0.6 is 0 Å². The van der Waals surface area contributed by atoms with Gasteiger partial charge in [0, 0.05) is 0 Å². The Morgan fingerprint density at radius 1 is 1.29 bits per heavy atom. The van der Waals surface area contributed by atoms with Crippen LogP contribution in [0.1, 0.15) is 5.56 Å². The second-order valence-electron chi connectivity index (χ2n) is 3.44. The highest BCUT2D eigenvalue weighted by Gasteiger charge is 2.35. The summed E-state index contributed by atoms with van der Waals surface area (Å²) in [5.74, 6) is -0.783. The normalized spacial score (nSPS) is 17.4. The third kappa shape index (κ3) is 2.00. The molecule has 0 aromatic heterocycles. The van der Waals surface area contributed by atoms with Crippen molar-refractivity contribution >= 4 is 12.0 Å². The van der Waals surface area contributed by atoms with Crippen molar-refractivity contribution in [1.82, 2.24) is 5.32 Å². The summed E-state index contributed by atoms with van der Waals surface area (Å²) in [6, 6.07) is 9.08. The molecule has 0 spiro atoms. The molecule has 0 fully saturated rings. The van der Waals surface area contributed by atoms with Gasteiger partial charge in [0.1, 0.15) is 5.70 Å². The minimum atomic E-state index is -0.783. The summed E-state index contributed by atoms with van der Waals surface area (Å²) in [5, 5.41) is 13.0. The van der Waals surface area contributed by atoms with E-state index in [2.05, 4.69) is 5.32 Å². The lowest BCUT2D eigenvalue weighted by molar-refractivity contribution is -0.419. The summed E-state index contributed by atoms with van der Waals surface area (Å²) in [4.78, 5) is 21.1. The molecule has 1 aliphatic heterocycles. The monoisotopic (exact) mass is 231 g/mol. The Kier molecular flexibility index (Phi) is 2.61. The molecule has 17 heavy (non-hydrogen) atoms. The molecule has 86 valence electrons. The first kappa shape index (κ1) is 10.9. The Bertz CT molecular complexity index is 546. The summed E-state index contributed by atoms with van der Waals surface area (Å²) in [6.07, 6.45) is 1.59. The van der Waals surface area contributed by atoms with Crippen LogP contribution in [-0.4, -0.2) is 10.8 Å². The van der Waals surface area contributed by atoms with E-state index in [0.29, 0.717) is 0 Å². The van der Waals surface area contributed by atoms with Crippen molar-refractivity contribution in [1.29, 1.82) is 0 Å². The lowest BCUT2D eigenvalue weighted by Gasteiger charge is -1.98. The van der Waals surface area contributed by atoms with Gasteiger partial charge in [0.15, 0.2) is 0 Å². The number of nitro groups is 1. The minimum Gasteiger partial charge on any atom is -0.391 e. The molecule has 0 radical (unpaired) electrons. The Morgan fingerprint density at radius 2 is 1.94 bits per heavy atom. The van der Waals surface area contributed by atoms with Crippen molar-refractivity contribution in [3.8, 4) is 0 Å². The van der Waals surface area contributed by atoms with Crippen LogP contribution in [-0.2, 0) is 4.79 Å². The van der Waals surface area contributed by atoms with E-state index in [4.69, 9.17) is 5.73 Å². The first-order valence-electron chi connectivity index (χ1n) is 4.82. The second kappa shape index (κ2) is 4.09. The summed E-state index contributed by atoms with van der Waals surface area (Å²) >= 11 is 0. The van der Waals surface area contributed by atoms with Crippen molar-refractivity contribution in [3.05, 3.63) is 63.1 Å². The highest BCUT2D eigenvalue weighted by Crippen LogP contribution is 2.18. The number of nitrogens with one attached hydrogen (secondary N) is 1. The molecular formula is C11H9N3O3. The number of nitrogens with zero attached hydrogens (tertiary/aromatic N) is 1. The van der Waals surface area contributed by atoms with Gasteiger partial charge in [-0.15, -0.1) is 0 Å². The van der Waals surface area contributed by atoms with E-state index >= 15 is 0 Å². The number of rotatable bonds is 2. The number of carbonyl (C=O) groups excluding carboxylic acids is 1.